The Morgan fingerprint density at radius 2 is 1.70 bits per heavy atom. The van der Waals surface area contributed by atoms with Gasteiger partial charge in [-0.3, -0.25) is 9.10 Å². The number of amides is 1. The smallest absolute Gasteiger partial charge is 0.337 e. The summed E-state index contributed by atoms with van der Waals surface area (Å²) in [5, 5.41) is 11.4. The summed E-state index contributed by atoms with van der Waals surface area (Å²) in [6.45, 7) is -0.448. The fraction of sp³-hybridized carbons (Fsp3) is 0.167. The number of rotatable bonds is 6. The number of methoxy groups -OCH3 is 1. The number of hydrogen-bond acceptors (Lipinski definition) is 6. The Balaban J connectivity index is 2.18. The van der Waals surface area contributed by atoms with Crippen molar-refractivity contribution >= 4 is 33.3 Å². The summed E-state index contributed by atoms with van der Waals surface area (Å²) < 4.78 is 29.7. The zero-order valence-electron chi connectivity index (χ0n) is 14.7. The van der Waals surface area contributed by atoms with Crippen molar-refractivity contribution in [3.8, 4) is 6.07 Å². The number of esters is 1. The number of carbonyl (C=O) groups excluding carboxylic acids is 2. The highest BCUT2D eigenvalue weighted by Gasteiger charge is 2.21. The molecule has 0 saturated heterocycles. The number of sulfonamides is 1. The van der Waals surface area contributed by atoms with Crippen molar-refractivity contribution < 1.29 is 22.7 Å². The van der Waals surface area contributed by atoms with E-state index in [2.05, 4.69) is 10.1 Å². The summed E-state index contributed by atoms with van der Waals surface area (Å²) in [5.74, 6) is -1.10. The second kappa shape index (κ2) is 8.33. The van der Waals surface area contributed by atoms with E-state index in [1.165, 1.54) is 43.5 Å². The molecule has 1 amide bonds. The van der Waals surface area contributed by atoms with Crippen molar-refractivity contribution in [2.75, 3.05) is 29.5 Å². The molecule has 2 aromatic carbocycles. The first-order valence-corrected chi connectivity index (χ1v) is 9.55. The highest BCUT2D eigenvalue weighted by atomic mass is 32.2. The summed E-state index contributed by atoms with van der Waals surface area (Å²) in [6, 6.07) is 13.8. The van der Waals surface area contributed by atoms with Crippen LogP contribution in [0.1, 0.15) is 15.9 Å². The van der Waals surface area contributed by atoms with E-state index in [0.717, 1.165) is 10.6 Å². The van der Waals surface area contributed by atoms with Crippen molar-refractivity contribution in [1.82, 2.24) is 0 Å². The van der Waals surface area contributed by atoms with Gasteiger partial charge in [-0.05, 0) is 48.5 Å². The highest BCUT2D eigenvalue weighted by Crippen LogP contribution is 2.19. The molecule has 2 rings (SSSR count). The number of nitriles is 1. The summed E-state index contributed by atoms with van der Waals surface area (Å²) in [5.41, 5.74) is 1.38. The fourth-order valence-electron chi connectivity index (χ4n) is 2.24. The third-order valence-electron chi connectivity index (χ3n) is 3.56. The minimum atomic E-state index is -3.74. The predicted molar refractivity (Wildman–Crippen MR) is 99.8 cm³/mol. The molecule has 0 radical (unpaired) electrons. The van der Waals surface area contributed by atoms with Gasteiger partial charge < -0.3 is 10.1 Å². The van der Waals surface area contributed by atoms with E-state index in [4.69, 9.17) is 5.26 Å². The molecule has 27 heavy (non-hydrogen) atoms. The van der Waals surface area contributed by atoms with Crippen LogP contribution in [0.2, 0.25) is 0 Å². The van der Waals surface area contributed by atoms with Crippen molar-refractivity contribution in [2.24, 2.45) is 0 Å². The first-order valence-electron chi connectivity index (χ1n) is 7.70. The van der Waals surface area contributed by atoms with Crippen LogP contribution in [0.5, 0.6) is 0 Å². The predicted octanol–water partition coefficient (Wildman–Crippen LogP) is 1.75. The van der Waals surface area contributed by atoms with E-state index in [9.17, 15) is 18.0 Å². The van der Waals surface area contributed by atoms with Crippen LogP contribution in [0.25, 0.3) is 0 Å². The maximum atomic E-state index is 12.3. The summed E-state index contributed by atoms with van der Waals surface area (Å²) in [4.78, 5) is 23.7. The molecule has 0 saturated carbocycles. The number of hydrogen-bond donors (Lipinski definition) is 1. The van der Waals surface area contributed by atoms with Gasteiger partial charge in [-0.2, -0.15) is 5.26 Å². The van der Waals surface area contributed by atoms with Gasteiger partial charge in [-0.25, -0.2) is 13.2 Å². The number of nitrogens with zero attached hydrogens (tertiary/aromatic N) is 2. The number of anilines is 2. The number of benzene rings is 2. The third kappa shape index (κ3) is 5.29. The topological polar surface area (TPSA) is 117 Å². The monoisotopic (exact) mass is 387 g/mol. The molecule has 2 aromatic rings. The largest absolute Gasteiger partial charge is 0.465 e. The van der Waals surface area contributed by atoms with Crippen LogP contribution in [0, 0.1) is 11.3 Å². The van der Waals surface area contributed by atoms with Crippen LogP contribution in [0.4, 0.5) is 11.4 Å². The maximum Gasteiger partial charge on any atom is 0.337 e. The Morgan fingerprint density at radius 3 is 2.19 bits per heavy atom. The minimum absolute atomic E-state index is 0.236. The van der Waals surface area contributed by atoms with Gasteiger partial charge in [0.2, 0.25) is 15.9 Å². The number of nitrogens with one attached hydrogen (secondary N) is 1. The van der Waals surface area contributed by atoms with Gasteiger partial charge in [0, 0.05) is 5.69 Å². The lowest BCUT2D eigenvalue weighted by Crippen LogP contribution is -2.37. The van der Waals surface area contributed by atoms with Crippen LogP contribution in [0.15, 0.2) is 48.5 Å². The minimum Gasteiger partial charge on any atom is -0.465 e. The van der Waals surface area contributed by atoms with Crippen LogP contribution in [-0.4, -0.2) is 40.2 Å². The van der Waals surface area contributed by atoms with Gasteiger partial charge in [0.15, 0.2) is 0 Å². The lowest BCUT2D eigenvalue weighted by molar-refractivity contribution is -0.114. The summed E-state index contributed by atoms with van der Waals surface area (Å²) in [6.07, 6.45) is 0.982. The van der Waals surface area contributed by atoms with E-state index >= 15 is 0 Å². The van der Waals surface area contributed by atoms with Crippen molar-refractivity contribution in [2.45, 2.75) is 0 Å². The van der Waals surface area contributed by atoms with Gasteiger partial charge in [-0.15, -0.1) is 0 Å². The molecule has 0 unspecified atom stereocenters. The van der Waals surface area contributed by atoms with Crippen LogP contribution < -0.4 is 9.62 Å². The van der Waals surface area contributed by atoms with E-state index in [1.807, 2.05) is 6.07 Å². The third-order valence-corrected chi connectivity index (χ3v) is 4.70. The standard InChI is InChI=1S/C18H17N3O5S/c1-26-18(23)14-5-9-16(10-6-14)21(27(2,24)25)12-17(22)20-15-7-3-13(11-19)4-8-15/h3-10H,12H2,1-2H3,(H,20,22). The molecule has 1 N–H and O–H groups in total. The highest BCUT2D eigenvalue weighted by molar-refractivity contribution is 7.92. The molecule has 0 bridgehead atoms. The van der Waals surface area contributed by atoms with Gasteiger partial charge in [0.1, 0.15) is 6.54 Å². The van der Waals surface area contributed by atoms with E-state index in [1.54, 1.807) is 12.1 Å². The van der Waals surface area contributed by atoms with E-state index in [-0.39, 0.29) is 11.3 Å². The second-order valence-electron chi connectivity index (χ2n) is 5.55. The molecular formula is C18H17N3O5S. The zero-order chi connectivity index (χ0) is 20.0. The Hall–Kier alpha value is -3.38. The van der Waals surface area contributed by atoms with E-state index < -0.39 is 28.4 Å². The lowest BCUT2D eigenvalue weighted by atomic mass is 10.2. The molecular weight excluding hydrogens is 370 g/mol. The molecule has 9 heteroatoms. The number of ether oxygens (including phenoxy) is 1. The summed E-state index contributed by atoms with van der Waals surface area (Å²) >= 11 is 0. The second-order valence-corrected chi connectivity index (χ2v) is 7.45. The van der Waals surface area contributed by atoms with Crippen LogP contribution in [-0.2, 0) is 19.6 Å². The average Bonchev–Trinajstić information content (AvgIpc) is 2.65. The molecule has 0 spiro atoms. The Morgan fingerprint density at radius 1 is 1.11 bits per heavy atom. The summed E-state index contributed by atoms with van der Waals surface area (Å²) in [7, 11) is -2.50. The Kier molecular flexibility index (Phi) is 6.15. The molecule has 0 aromatic heterocycles. The van der Waals surface area contributed by atoms with Crippen molar-refractivity contribution in [1.29, 1.82) is 5.26 Å². The molecule has 8 nitrogen and oxygen atoms in total. The van der Waals surface area contributed by atoms with Gasteiger partial charge in [0.05, 0.1) is 36.2 Å². The molecule has 0 fully saturated rings. The maximum absolute atomic E-state index is 12.3. The van der Waals surface area contributed by atoms with Crippen LogP contribution in [0.3, 0.4) is 0 Å². The first-order chi connectivity index (χ1) is 12.7. The fourth-order valence-corrected chi connectivity index (χ4v) is 3.10. The molecule has 0 aliphatic rings. The van der Waals surface area contributed by atoms with Crippen molar-refractivity contribution in [3.05, 3.63) is 59.7 Å². The molecule has 140 valence electrons. The van der Waals surface area contributed by atoms with Gasteiger partial charge in [0.25, 0.3) is 0 Å². The number of carbonyl (C=O) groups is 2. The Labute approximate surface area is 157 Å². The zero-order valence-corrected chi connectivity index (χ0v) is 15.5. The normalized spacial score (nSPS) is 10.6. The van der Waals surface area contributed by atoms with E-state index in [0.29, 0.717) is 11.3 Å². The van der Waals surface area contributed by atoms with Crippen LogP contribution >= 0.6 is 0 Å². The Bertz CT molecular complexity index is 977. The molecule has 0 heterocycles. The molecule has 0 atom stereocenters. The quantitative estimate of drug-likeness (QED) is 0.755. The lowest BCUT2D eigenvalue weighted by Gasteiger charge is -2.22. The van der Waals surface area contributed by atoms with Gasteiger partial charge in [-0.1, -0.05) is 0 Å². The van der Waals surface area contributed by atoms with Gasteiger partial charge >= 0.3 is 5.97 Å². The average molecular weight is 387 g/mol. The van der Waals surface area contributed by atoms with Crippen molar-refractivity contribution in [3.63, 3.8) is 0 Å². The first kappa shape index (κ1) is 19.9. The SMILES string of the molecule is COC(=O)c1ccc(N(CC(=O)Nc2ccc(C#N)cc2)S(C)(=O)=O)cc1. The molecule has 0 aliphatic carbocycles. The molecule has 0 aliphatic heterocycles.